The lowest BCUT2D eigenvalue weighted by molar-refractivity contribution is -0.131. The summed E-state index contributed by atoms with van der Waals surface area (Å²) in [5.41, 5.74) is 1.22. The number of aliphatic imine (C=N–C) groups is 1. The smallest absolute Gasteiger partial charge is 0.335 e. The van der Waals surface area contributed by atoms with Gasteiger partial charge in [0.15, 0.2) is 5.92 Å². The summed E-state index contributed by atoms with van der Waals surface area (Å²) < 4.78 is 6.22. The van der Waals surface area contributed by atoms with Gasteiger partial charge in [-0.3, -0.25) is 19.9 Å². The van der Waals surface area contributed by atoms with Crippen LogP contribution < -0.4 is 15.0 Å². The Kier molecular flexibility index (Phi) is 5.84. The molecule has 1 N–H and O–H groups in total. The van der Waals surface area contributed by atoms with Crippen molar-refractivity contribution in [1.29, 1.82) is 0 Å². The van der Waals surface area contributed by atoms with Crippen LogP contribution in [-0.2, 0) is 16.1 Å². The van der Waals surface area contributed by atoms with Gasteiger partial charge < -0.3 is 4.74 Å². The number of barbiturate groups is 1. The van der Waals surface area contributed by atoms with Gasteiger partial charge in [-0.25, -0.2) is 9.69 Å². The fourth-order valence-corrected chi connectivity index (χ4v) is 3.01. The van der Waals surface area contributed by atoms with Crippen molar-refractivity contribution >= 4 is 52.3 Å². The minimum atomic E-state index is -1.17. The van der Waals surface area contributed by atoms with E-state index in [0.29, 0.717) is 11.4 Å². The average molecular weight is 477 g/mol. The van der Waals surface area contributed by atoms with Crippen LogP contribution in [0.2, 0.25) is 0 Å². The molecule has 138 valence electrons. The maximum atomic E-state index is 12.7. The first-order chi connectivity index (χ1) is 13.0. The first-order valence-electron chi connectivity index (χ1n) is 8.07. The van der Waals surface area contributed by atoms with Crippen molar-refractivity contribution in [2.75, 3.05) is 12.0 Å². The molecule has 7 nitrogen and oxygen atoms in total. The van der Waals surface area contributed by atoms with Crippen molar-refractivity contribution in [3.63, 3.8) is 0 Å². The number of hydrogen-bond donors (Lipinski definition) is 1. The van der Waals surface area contributed by atoms with Crippen LogP contribution in [0.3, 0.4) is 0 Å². The number of hydrogen-bond acceptors (Lipinski definition) is 5. The molecule has 4 amide bonds. The van der Waals surface area contributed by atoms with Crippen molar-refractivity contribution in [1.82, 2.24) is 5.32 Å². The Hall–Kier alpha value is -2.75. The number of benzene rings is 2. The van der Waals surface area contributed by atoms with Gasteiger partial charge in [0, 0.05) is 15.3 Å². The summed E-state index contributed by atoms with van der Waals surface area (Å²) in [5, 5.41) is 2.20. The zero-order valence-electron chi connectivity index (χ0n) is 14.4. The summed E-state index contributed by atoms with van der Waals surface area (Å²) >= 11 is 2.13. The third-order valence-electron chi connectivity index (χ3n) is 4.00. The number of halogens is 1. The van der Waals surface area contributed by atoms with E-state index in [2.05, 4.69) is 32.9 Å². The number of rotatable bonds is 5. The molecule has 0 radical (unpaired) electrons. The SMILES string of the molecule is COc1ccccc1CN=C[C@@H]1C(=O)NC(=O)N(c2ccc(I)cc2)C1=O. The molecule has 2 aromatic rings. The third kappa shape index (κ3) is 4.16. The summed E-state index contributed by atoms with van der Waals surface area (Å²) in [5.74, 6) is -1.81. The number of para-hydroxylation sites is 1. The lowest BCUT2D eigenvalue weighted by Gasteiger charge is -2.28. The number of imide groups is 2. The van der Waals surface area contributed by atoms with Gasteiger partial charge in [0.05, 0.1) is 19.3 Å². The second kappa shape index (κ2) is 8.30. The molecular formula is C19H16IN3O4. The van der Waals surface area contributed by atoms with Crippen LogP contribution in [0.25, 0.3) is 0 Å². The van der Waals surface area contributed by atoms with Crippen LogP contribution in [0.4, 0.5) is 10.5 Å². The van der Waals surface area contributed by atoms with Crippen molar-refractivity contribution in [2.45, 2.75) is 6.54 Å². The van der Waals surface area contributed by atoms with E-state index in [-0.39, 0.29) is 6.54 Å². The van der Waals surface area contributed by atoms with E-state index in [4.69, 9.17) is 4.74 Å². The molecule has 3 rings (SSSR count). The maximum Gasteiger partial charge on any atom is 0.335 e. The Morgan fingerprint density at radius 3 is 2.56 bits per heavy atom. The molecule has 0 spiro atoms. The van der Waals surface area contributed by atoms with Crippen molar-refractivity contribution in [3.8, 4) is 5.75 Å². The number of urea groups is 1. The fraction of sp³-hybridized carbons (Fsp3) is 0.158. The second-order valence-corrected chi connectivity index (χ2v) is 6.97. The maximum absolute atomic E-state index is 12.7. The standard InChI is InChI=1S/C19H16IN3O4/c1-27-16-5-3-2-4-12(16)10-21-11-15-17(24)22-19(26)23(18(15)25)14-8-6-13(20)7-9-14/h2-9,11,15H,10H2,1H3,(H,22,24,26)/t15-/m1/s1. The lowest BCUT2D eigenvalue weighted by Crippen LogP contribution is -2.58. The molecule has 1 aliphatic rings. The van der Waals surface area contributed by atoms with E-state index in [0.717, 1.165) is 14.0 Å². The molecule has 0 aliphatic carbocycles. The Morgan fingerprint density at radius 1 is 1.15 bits per heavy atom. The Bertz CT molecular complexity index is 911. The van der Waals surface area contributed by atoms with Gasteiger partial charge in [0.2, 0.25) is 5.91 Å². The minimum Gasteiger partial charge on any atom is -0.496 e. The van der Waals surface area contributed by atoms with Gasteiger partial charge in [-0.15, -0.1) is 0 Å². The molecule has 0 saturated carbocycles. The van der Waals surface area contributed by atoms with Crippen LogP contribution in [0.15, 0.2) is 53.5 Å². The highest BCUT2D eigenvalue weighted by Gasteiger charge is 2.40. The van der Waals surface area contributed by atoms with E-state index >= 15 is 0 Å². The zero-order chi connectivity index (χ0) is 19.4. The molecular weight excluding hydrogens is 461 g/mol. The molecule has 8 heteroatoms. The Balaban J connectivity index is 1.80. The number of methoxy groups -OCH3 is 1. The Morgan fingerprint density at radius 2 is 1.85 bits per heavy atom. The number of carbonyl (C=O) groups is 3. The highest BCUT2D eigenvalue weighted by Crippen LogP contribution is 2.22. The van der Waals surface area contributed by atoms with E-state index in [1.54, 1.807) is 37.4 Å². The number of carbonyl (C=O) groups excluding carboxylic acids is 3. The summed E-state index contributed by atoms with van der Waals surface area (Å²) in [4.78, 5) is 42.1. The average Bonchev–Trinajstić information content (AvgIpc) is 2.66. The molecule has 1 saturated heterocycles. The van der Waals surface area contributed by atoms with Crippen molar-refractivity contribution in [2.24, 2.45) is 10.9 Å². The van der Waals surface area contributed by atoms with Crippen LogP contribution in [-0.4, -0.2) is 31.2 Å². The number of nitrogens with zero attached hydrogens (tertiary/aromatic N) is 2. The van der Waals surface area contributed by atoms with Gasteiger partial charge in [0.25, 0.3) is 5.91 Å². The second-order valence-electron chi connectivity index (χ2n) is 5.72. The molecule has 1 aliphatic heterocycles. The molecule has 2 aromatic carbocycles. The van der Waals surface area contributed by atoms with Crippen LogP contribution in [0.5, 0.6) is 5.75 Å². The lowest BCUT2D eigenvalue weighted by atomic mass is 10.1. The molecule has 27 heavy (non-hydrogen) atoms. The van der Waals surface area contributed by atoms with E-state index in [1.165, 1.54) is 6.21 Å². The van der Waals surface area contributed by atoms with E-state index < -0.39 is 23.8 Å². The molecule has 1 fully saturated rings. The topological polar surface area (TPSA) is 88.1 Å². The third-order valence-corrected chi connectivity index (χ3v) is 4.71. The molecule has 0 aromatic heterocycles. The summed E-state index contributed by atoms with van der Waals surface area (Å²) in [6, 6.07) is 13.4. The van der Waals surface area contributed by atoms with E-state index in [9.17, 15) is 14.4 Å². The molecule has 1 atom stereocenters. The van der Waals surface area contributed by atoms with Crippen LogP contribution in [0, 0.1) is 9.49 Å². The van der Waals surface area contributed by atoms with Gasteiger partial charge in [-0.2, -0.15) is 0 Å². The quantitative estimate of drug-likeness (QED) is 0.408. The zero-order valence-corrected chi connectivity index (χ0v) is 16.5. The largest absolute Gasteiger partial charge is 0.496 e. The van der Waals surface area contributed by atoms with Crippen LogP contribution in [0.1, 0.15) is 5.56 Å². The normalized spacial score (nSPS) is 17.3. The van der Waals surface area contributed by atoms with Gasteiger partial charge in [-0.1, -0.05) is 18.2 Å². The highest BCUT2D eigenvalue weighted by molar-refractivity contribution is 14.1. The molecule has 0 unspecified atom stereocenters. The van der Waals surface area contributed by atoms with Crippen molar-refractivity contribution in [3.05, 3.63) is 57.7 Å². The summed E-state index contributed by atoms with van der Waals surface area (Å²) in [7, 11) is 1.56. The number of ether oxygens (including phenoxy) is 1. The fourth-order valence-electron chi connectivity index (χ4n) is 2.65. The Labute approximate surface area is 169 Å². The molecule has 1 heterocycles. The predicted molar refractivity (Wildman–Crippen MR) is 109 cm³/mol. The van der Waals surface area contributed by atoms with E-state index in [1.807, 2.05) is 18.2 Å². The van der Waals surface area contributed by atoms with Crippen LogP contribution >= 0.6 is 22.6 Å². The number of amides is 4. The summed E-state index contributed by atoms with van der Waals surface area (Å²) in [6.07, 6.45) is 1.27. The minimum absolute atomic E-state index is 0.249. The highest BCUT2D eigenvalue weighted by atomic mass is 127. The number of nitrogens with one attached hydrogen (secondary N) is 1. The van der Waals surface area contributed by atoms with Gasteiger partial charge in [-0.05, 0) is 52.9 Å². The van der Waals surface area contributed by atoms with Gasteiger partial charge in [0.1, 0.15) is 5.75 Å². The monoisotopic (exact) mass is 477 g/mol. The van der Waals surface area contributed by atoms with Crippen molar-refractivity contribution < 1.29 is 19.1 Å². The number of anilines is 1. The first-order valence-corrected chi connectivity index (χ1v) is 9.15. The molecule has 0 bridgehead atoms. The first kappa shape index (κ1) is 19.0. The van der Waals surface area contributed by atoms with Gasteiger partial charge >= 0.3 is 6.03 Å². The summed E-state index contributed by atoms with van der Waals surface area (Å²) in [6.45, 7) is 0.249. The predicted octanol–water partition coefficient (Wildman–Crippen LogP) is 2.77.